The van der Waals surface area contributed by atoms with E-state index in [9.17, 15) is 18.8 Å². The summed E-state index contributed by atoms with van der Waals surface area (Å²) in [5, 5.41) is 6.65. The molecule has 31 heavy (non-hydrogen) atoms. The number of rotatable bonds is 6. The molecule has 0 saturated carbocycles. The highest BCUT2D eigenvalue weighted by Crippen LogP contribution is 2.20. The zero-order valence-corrected chi connectivity index (χ0v) is 16.7. The van der Waals surface area contributed by atoms with Crippen molar-refractivity contribution in [3.63, 3.8) is 0 Å². The molecule has 0 bridgehead atoms. The molecule has 3 aromatic rings. The molecule has 1 atom stereocenters. The van der Waals surface area contributed by atoms with E-state index < -0.39 is 6.04 Å². The van der Waals surface area contributed by atoms with Crippen LogP contribution < -0.4 is 5.32 Å². The predicted molar refractivity (Wildman–Crippen MR) is 107 cm³/mol. The van der Waals surface area contributed by atoms with Crippen molar-refractivity contribution >= 4 is 17.7 Å². The Morgan fingerprint density at radius 2 is 1.74 bits per heavy atom. The van der Waals surface area contributed by atoms with Crippen molar-refractivity contribution in [2.45, 2.75) is 32.4 Å². The van der Waals surface area contributed by atoms with Crippen molar-refractivity contribution in [3.8, 4) is 11.4 Å². The van der Waals surface area contributed by atoms with Crippen LogP contribution in [0.1, 0.15) is 47.6 Å². The first kappa shape index (κ1) is 20.4. The van der Waals surface area contributed by atoms with Crippen molar-refractivity contribution in [2.24, 2.45) is 0 Å². The van der Waals surface area contributed by atoms with Gasteiger partial charge in [0.15, 0.2) is 0 Å². The van der Waals surface area contributed by atoms with Crippen LogP contribution in [0.2, 0.25) is 0 Å². The highest BCUT2D eigenvalue weighted by molar-refractivity contribution is 6.01. The first-order valence-corrected chi connectivity index (χ1v) is 9.73. The second-order valence-electron chi connectivity index (χ2n) is 7.23. The Morgan fingerprint density at radius 3 is 2.39 bits per heavy atom. The van der Waals surface area contributed by atoms with Crippen LogP contribution in [-0.4, -0.2) is 32.8 Å². The zero-order chi connectivity index (χ0) is 22.0. The van der Waals surface area contributed by atoms with Crippen LogP contribution in [0, 0.1) is 5.82 Å². The third kappa shape index (κ3) is 4.50. The van der Waals surface area contributed by atoms with E-state index in [1.165, 1.54) is 29.2 Å². The number of hydrogen-bond acceptors (Lipinski definition) is 6. The first-order chi connectivity index (χ1) is 14.9. The van der Waals surface area contributed by atoms with Gasteiger partial charge in [-0.2, -0.15) is 4.98 Å². The Hall–Kier alpha value is -3.88. The molecule has 9 heteroatoms. The monoisotopic (exact) mass is 422 g/mol. The van der Waals surface area contributed by atoms with E-state index in [-0.39, 0.29) is 48.8 Å². The van der Waals surface area contributed by atoms with Crippen LogP contribution in [0.15, 0.2) is 53.1 Å². The molecule has 0 spiro atoms. The average Bonchev–Trinajstić information content (AvgIpc) is 3.38. The van der Waals surface area contributed by atoms with Gasteiger partial charge < -0.3 is 9.84 Å². The van der Waals surface area contributed by atoms with Gasteiger partial charge in [-0.05, 0) is 48.9 Å². The number of hydrogen-bond donors (Lipinski definition) is 1. The second kappa shape index (κ2) is 8.47. The summed E-state index contributed by atoms with van der Waals surface area (Å²) < 4.78 is 18.3. The van der Waals surface area contributed by atoms with Crippen molar-refractivity contribution in [2.75, 3.05) is 0 Å². The molecule has 2 aromatic carbocycles. The minimum absolute atomic E-state index is 0.180. The summed E-state index contributed by atoms with van der Waals surface area (Å²) in [6.45, 7) is 1.91. The molecule has 2 heterocycles. The average molecular weight is 422 g/mol. The first-order valence-electron chi connectivity index (χ1n) is 9.73. The second-order valence-corrected chi connectivity index (χ2v) is 7.23. The molecular formula is C22H19FN4O4. The number of nitrogens with zero attached hydrogens (tertiary/aromatic N) is 3. The molecule has 0 radical (unpaired) electrons. The van der Waals surface area contributed by atoms with E-state index in [0.717, 1.165) is 5.56 Å². The van der Waals surface area contributed by atoms with Gasteiger partial charge >= 0.3 is 0 Å². The fourth-order valence-corrected chi connectivity index (χ4v) is 3.21. The van der Waals surface area contributed by atoms with Gasteiger partial charge in [-0.3, -0.25) is 19.3 Å². The zero-order valence-electron chi connectivity index (χ0n) is 16.7. The normalized spacial score (nSPS) is 14.7. The molecule has 158 valence electrons. The fraction of sp³-hybridized carbons (Fsp3) is 0.227. The summed E-state index contributed by atoms with van der Waals surface area (Å²) in [5.74, 6) is -0.547. The number of carbonyl (C=O) groups excluding carboxylic acids is 3. The molecule has 4 rings (SSSR count). The van der Waals surface area contributed by atoms with Gasteiger partial charge in [0.2, 0.25) is 23.5 Å². The van der Waals surface area contributed by atoms with Crippen LogP contribution in [0.3, 0.4) is 0 Å². The Balaban J connectivity index is 1.38. The minimum Gasteiger partial charge on any atom is -0.341 e. The van der Waals surface area contributed by atoms with Gasteiger partial charge in [-0.25, -0.2) is 4.39 Å². The largest absolute Gasteiger partial charge is 0.341 e. The summed E-state index contributed by atoms with van der Waals surface area (Å²) in [6.07, 6.45) is 0.492. The van der Waals surface area contributed by atoms with Gasteiger partial charge in [0.05, 0.1) is 6.54 Å². The number of halogens is 1. The number of imide groups is 1. The van der Waals surface area contributed by atoms with E-state index >= 15 is 0 Å². The lowest BCUT2D eigenvalue weighted by Gasteiger charge is -2.14. The summed E-state index contributed by atoms with van der Waals surface area (Å²) in [7, 11) is 0. The SMILES string of the molecule is CC(NC(=O)c1ccc(CN2C(=O)CCC2=O)cc1)c1nc(-c2ccc(F)cc2)no1. The smallest absolute Gasteiger partial charge is 0.251 e. The molecule has 1 fully saturated rings. The third-order valence-corrected chi connectivity index (χ3v) is 4.97. The topological polar surface area (TPSA) is 105 Å². The number of benzene rings is 2. The number of amides is 3. The van der Waals surface area contributed by atoms with Gasteiger partial charge in [0.1, 0.15) is 11.9 Å². The van der Waals surface area contributed by atoms with Gasteiger partial charge in [0.25, 0.3) is 5.91 Å². The molecule has 1 N–H and O–H groups in total. The number of carbonyl (C=O) groups is 3. The van der Waals surface area contributed by atoms with Crippen LogP contribution in [0.5, 0.6) is 0 Å². The van der Waals surface area contributed by atoms with Crippen molar-refractivity contribution in [1.82, 2.24) is 20.4 Å². The van der Waals surface area contributed by atoms with Crippen LogP contribution >= 0.6 is 0 Å². The van der Waals surface area contributed by atoms with Crippen LogP contribution in [0.4, 0.5) is 4.39 Å². The maximum Gasteiger partial charge on any atom is 0.251 e. The third-order valence-electron chi connectivity index (χ3n) is 4.97. The quantitative estimate of drug-likeness (QED) is 0.612. The van der Waals surface area contributed by atoms with E-state index in [4.69, 9.17) is 4.52 Å². The number of nitrogens with one attached hydrogen (secondary N) is 1. The van der Waals surface area contributed by atoms with E-state index in [2.05, 4.69) is 15.5 Å². The summed E-state index contributed by atoms with van der Waals surface area (Å²) in [4.78, 5) is 41.5. The standard InChI is InChI=1S/C22H19FN4O4/c1-13(22-25-20(26-31-22)15-6-8-17(23)9-7-15)24-21(30)16-4-2-14(3-5-16)12-27-18(28)10-11-19(27)29/h2-9,13H,10-12H2,1H3,(H,24,30). The fourth-order valence-electron chi connectivity index (χ4n) is 3.21. The number of likely N-dealkylation sites (tertiary alicyclic amines) is 1. The van der Waals surface area contributed by atoms with Gasteiger partial charge in [-0.15, -0.1) is 0 Å². The lowest BCUT2D eigenvalue weighted by Crippen LogP contribution is -2.28. The van der Waals surface area contributed by atoms with Crippen LogP contribution in [0.25, 0.3) is 11.4 Å². The van der Waals surface area contributed by atoms with Crippen molar-refractivity contribution in [1.29, 1.82) is 0 Å². The van der Waals surface area contributed by atoms with E-state index in [1.807, 2.05) is 0 Å². The Kier molecular flexibility index (Phi) is 5.57. The molecule has 0 aliphatic carbocycles. The molecule has 1 aliphatic heterocycles. The molecule has 3 amide bonds. The number of aromatic nitrogens is 2. The Labute approximate surface area is 177 Å². The van der Waals surface area contributed by atoms with Gasteiger partial charge in [0, 0.05) is 24.0 Å². The summed E-state index contributed by atoms with van der Waals surface area (Å²) >= 11 is 0. The molecule has 1 unspecified atom stereocenters. The molecular weight excluding hydrogens is 403 g/mol. The van der Waals surface area contributed by atoms with Crippen molar-refractivity contribution < 1.29 is 23.3 Å². The predicted octanol–water partition coefficient (Wildman–Crippen LogP) is 3.02. The lowest BCUT2D eigenvalue weighted by molar-refractivity contribution is -0.139. The maximum absolute atomic E-state index is 13.1. The molecule has 1 aliphatic rings. The molecule has 1 aromatic heterocycles. The highest BCUT2D eigenvalue weighted by Gasteiger charge is 2.28. The summed E-state index contributed by atoms with van der Waals surface area (Å²) in [5.41, 5.74) is 1.77. The Bertz CT molecular complexity index is 1110. The molecule has 1 saturated heterocycles. The summed E-state index contributed by atoms with van der Waals surface area (Å²) in [6, 6.07) is 11.8. The molecule has 8 nitrogen and oxygen atoms in total. The lowest BCUT2D eigenvalue weighted by atomic mass is 10.1. The van der Waals surface area contributed by atoms with Gasteiger partial charge in [-0.1, -0.05) is 17.3 Å². The van der Waals surface area contributed by atoms with E-state index in [0.29, 0.717) is 17.0 Å². The highest BCUT2D eigenvalue weighted by atomic mass is 19.1. The Morgan fingerprint density at radius 1 is 1.10 bits per heavy atom. The maximum atomic E-state index is 13.1. The van der Waals surface area contributed by atoms with Crippen LogP contribution in [-0.2, 0) is 16.1 Å². The van der Waals surface area contributed by atoms with Crippen molar-refractivity contribution in [3.05, 3.63) is 71.4 Å². The minimum atomic E-state index is -0.547. The van der Waals surface area contributed by atoms with E-state index in [1.54, 1.807) is 31.2 Å².